The Kier molecular flexibility index (Phi) is 7.83. The highest BCUT2D eigenvalue weighted by atomic mass is 79.9. The number of amides is 1. The quantitative estimate of drug-likeness (QED) is 0.301. The van der Waals surface area contributed by atoms with E-state index in [-0.39, 0.29) is 39.4 Å². The first kappa shape index (κ1) is 25.5. The second-order valence-electron chi connectivity index (χ2n) is 8.05. The van der Waals surface area contributed by atoms with Crippen LogP contribution in [0.3, 0.4) is 0 Å². The number of hydrogen-bond donors (Lipinski definition) is 2. The first-order valence-electron chi connectivity index (χ1n) is 10.4. The predicted molar refractivity (Wildman–Crippen MR) is 127 cm³/mol. The van der Waals surface area contributed by atoms with E-state index in [2.05, 4.69) is 15.9 Å². The maximum atomic E-state index is 14.3. The third-order valence-electron chi connectivity index (χ3n) is 5.56. The number of Topliss-reactive ketones (excluding diaryl/α,β-unsaturated/α-hetero) is 1. The second kappa shape index (κ2) is 10.4. The monoisotopic (exact) mass is 536 g/mol. The molecule has 1 saturated heterocycles. The molecule has 0 unspecified atom stereocenters. The highest BCUT2D eigenvalue weighted by Crippen LogP contribution is 2.44. The number of rotatable bonds is 8. The fourth-order valence-corrected chi connectivity index (χ4v) is 4.35. The molecule has 0 spiro atoms. The van der Waals surface area contributed by atoms with Crippen molar-refractivity contribution in [2.75, 3.05) is 41.4 Å². The van der Waals surface area contributed by atoms with Crippen LogP contribution in [-0.4, -0.2) is 73.1 Å². The molecule has 1 atom stereocenters. The van der Waals surface area contributed by atoms with Crippen molar-refractivity contribution in [3.05, 3.63) is 57.3 Å². The van der Waals surface area contributed by atoms with Crippen LogP contribution in [0.2, 0.25) is 0 Å². The zero-order valence-electron chi connectivity index (χ0n) is 19.3. The summed E-state index contributed by atoms with van der Waals surface area (Å²) in [7, 11) is 6.48. The Morgan fingerprint density at radius 1 is 1.15 bits per heavy atom. The van der Waals surface area contributed by atoms with E-state index in [1.807, 2.05) is 19.0 Å². The molecule has 10 heteroatoms. The Morgan fingerprint density at radius 3 is 2.41 bits per heavy atom. The van der Waals surface area contributed by atoms with Crippen LogP contribution in [0.25, 0.3) is 5.76 Å². The maximum Gasteiger partial charge on any atom is 0.295 e. The van der Waals surface area contributed by atoms with Crippen LogP contribution in [0.4, 0.5) is 4.39 Å². The number of phenolic OH excluding ortho intramolecular Hbond substituents is 1. The summed E-state index contributed by atoms with van der Waals surface area (Å²) in [4.78, 5) is 29.4. The van der Waals surface area contributed by atoms with E-state index in [9.17, 15) is 24.2 Å². The highest BCUT2D eigenvalue weighted by Gasteiger charge is 2.46. The molecule has 3 rings (SSSR count). The van der Waals surface area contributed by atoms with E-state index >= 15 is 0 Å². The van der Waals surface area contributed by atoms with Crippen molar-refractivity contribution in [1.29, 1.82) is 0 Å². The van der Waals surface area contributed by atoms with Gasteiger partial charge in [0.2, 0.25) is 0 Å². The number of halogens is 2. The van der Waals surface area contributed by atoms with Crippen molar-refractivity contribution >= 4 is 33.4 Å². The van der Waals surface area contributed by atoms with Crippen LogP contribution in [0.15, 0.2) is 40.4 Å². The Hall–Kier alpha value is -3.11. The van der Waals surface area contributed by atoms with Crippen LogP contribution in [-0.2, 0) is 9.59 Å². The number of methoxy groups -OCH3 is 2. The summed E-state index contributed by atoms with van der Waals surface area (Å²) >= 11 is 3.27. The number of nitrogens with zero attached hydrogens (tertiary/aromatic N) is 2. The summed E-state index contributed by atoms with van der Waals surface area (Å²) in [6.45, 7) is 0.907. The van der Waals surface area contributed by atoms with Crippen LogP contribution >= 0.6 is 15.9 Å². The summed E-state index contributed by atoms with van der Waals surface area (Å²) in [5, 5.41) is 21.3. The Labute approximate surface area is 205 Å². The summed E-state index contributed by atoms with van der Waals surface area (Å²) in [6.07, 6.45) is 0.574. The molecule has 0 radical (unpaired) electrons. The van der Waals surface area contributed by atoms with Crippen molar-refractivity contribution in [2.45, 2.75) is 12.5 Å². The number of aliphatic hydroxyl groups excluding tert-OH is 1. The van der Waals surface area contributed by atoms with Gasteiger partial charge < -0.3 is 29.5 Å². The van der Waals surface area contributed by atoms with Crippen molar-refractivity contribution in [2.24, 2.45) is 0 Å². The molecule has 1 heterocycles. The standard InChI is InChI=1S/C24H26BrFN2O6/c1-27(2)8-5-9-28-20(14-10-15(25)22(30)18(12-14)34-4)19(23(31)24(28)32)21(29)13-6-7-17(33-3)16(26)11-13/h6-7,10-12,20,29-30H,5,8-9H2,1-4H3/t20-/m0/s1. The molecule has 0 bridgehead atoms. The van der Waals surface area contributed by atoms with E-state index < -0.39 is 29.3 Å². The van der Waals surface area contributed by atoms with E-state index in [4.69, 9.17) is 9.47 Å². The Bertz CT molecular complexity index is 1150. The van der Waals surface area contributed by atoms with Crippen molar-refractivity contribution in [1.82, 2.24) is 9.80 Å². The molecule has 34 heavy (non-hydrogen) atoms. The zero-order chi connectivity index (χ0) is 25.2. The van der Waals surface area contributed by atoms with Crippen LogP contribution < -0.4 is 9.47 Å². The summed E-state index contributed by atoms with van der Waals surface area (Å²) < 4.78 is 24.8. The lowest BCUT2D eigenvalue weighted by atomic mass is 9.94. The lowest BCUT2D eigenvalue weighted by Gasteiger charge is -2.26. The Balaban J connectivity index is 2.19. The van der Waals surface area contributed by atoms with Crippen molar-refractivity contribution in [3.63, 3.8) is 0 Å². The minimum Gasteiger partial charge on any atom is -0.507 e. The van der Waals surface area contributed by atoms with Gasteiger partial charge in [-0.05, 0) is 78.9 Å². The first-order valence-corrected chi connectivity index (χ1v) is 11.2. The molecule has 0 aliphatic carbocycles. The normalized spacial score (nSPS) is 17.5. The molecule has 2 aromatic rings. The van der Waals surface area contributed by atoms with Gasteiger partial charge in [0.15, 0.2) is 23.1 Å². The number of aromatic hydroxyl groups is 1. The lowest BCUT2D eigenvalue weighted by Crippen LogP contribution is -2.32. The minimum absolute atomic E-state index is 0.0237. The summed E-state index contributed by atoms with van der Waals surface area (Å²) in [5.41, 5.74) is 0.277. The number of aliphatic hydroxyl groups is 1. The van der Waals surface area contributed by atoms with Gasteiger partial charge in [0.05, 0.1) is 30.3 Å². The third kappa shape index (κ3) is 4.88. The average molecular weight is 537 g/mol. The molecule has 2 N–H and O–H groups in total. The van der Waals surface area contributed by atoms with Gasteiger partial charge in [0, 0.05) is 12.1 Å². The number of likely N-dealkylation sites (tertiary alicyclic amines) is 1. The number of phenols is 1. The molecule has 1 aliphatic heterocycles. The predicted octanol–water partition coefficient (Wildman–Crippen LogP) is 3.68. The third-order valence-corrected chi connectivity index (χ3v) is 6.16. The molecule has 182 valence electrons. The fraction of sp³-hybridized carbons (Fsp3) is 0.333. The van der Waals surface area contributed by atoms with Crippen LogP contribution in [0.1, 0.15) is 23.6 Å². The maximum absolute atomic E-state index is 14.3. The van der Waals surface area contributed by atoms with Gasteiger partial charge in [-0.15, -0.1) is 0 Å². The van der Waals surface area contributed by atoms with Gasteiger partial charge >= 0.3 is 0 Å². The summed E-state index contributed by atoms with van der Waals surface area (Å²) in [5.74, 6) is -2.94. The molecule has 1 fully saturated rings. The number of carbonyl (C=O) groups excluding carboxylic acids is 2. The van der Waals surface area contributed by atoms with Crippen molar-refractivity contribution in [3.8, 4) is 17.2 Å². The minimum atomic E-state index is -0.974. The molecule has 2 aromatic carbocycles. The molecule has 1 aliphatic rings. The summed E-state index contributed by atoms with van der Waals surface area (Å²) in [6, 6.07) is 5.84. The van der Waals surface area contributed by atoms with Crippen LogP contribution in [0.5, 0.6) is 17.2 Å². The molecule has 0 aromatic heterocycles. The van der Waals surface area contributed by atoms with E-state index in [1.54, 1.807) is 6.07 Å². The zero-order valence-corrected chi connectivity index (χ0v) is 20.8. The van der Waals surface area contributed by atoms with E-state index in [1.165, 1.54) is 37.3 Å². The van der Waals surface area contributed by atoms with Gasteiger partial charge in [-0.2, -0.15) is 0 Å². The number of benzene rings is 2. The van der Waals surface area contributed by atoms with Crippen LogP contribution in [0, 0.1) is 5.82 Å². The largest absolute Gasteiger partial charge is 0.507 e. The SMILES string of the molecule is COc1ccc(C(O)=C2C(=O)C(=O)N(CCCN(C)C)[C@H]2c2cc(Br)c(O)c(OC)c2)cc1F. The molecule has 8 nitrogen and oxygen atoms in total. The number of ether oxygens (including phenoxy) is 2. The van der Waals surface area contributed by atoms with Crippen molar-refractivity contribution < 1.29 is 33.7 Å². The smallest absolute Gasteiger partial charge is 0.295 e. The number of hydrogen-bond acceptors (Lipinski definition) is 7. The van der Waals surface area contributed by atoms with Gasteiger partial charge in [-0.1, -0.05) is 0 Å². The topological polar surface area (TPSA) is 99.5 Å². The van der Waals surface area contributed by atoms with Gasteiger partial charge in [0.25, 0.3) is 11.7 Å². The van der Waals surface area contributed by atoms with E-state index in [0.717, 1.165) is 6.07 Å². The first-order chi connectivity index (χ1) is 16.1. The van der Waals surface area contributed by atoms with Gasteiger partial charge in [0.1, 0.15) is 5.76 Å². The van der Waals surface area contributed by atoms with Gasteiger partial charge in [-0.3, -0.25) is 9.59 Å². The van der Waals surface area contributed by atoms with E-state index in [0.29, 0.717) is 18.5 Å². The molecular weight excluding hydrogens is 511 g/mol. The second-order valence-corrected chi connectivity index (χ2v) is 8.91. The number of carbonyl (C=O) groups is 2. The molecule has 0 saturated carbocycles. The van der Waals surface area contributed by atoms with Gasteiger partial charge in [-0.25, -0.2) is 4.39 Å². The lowest BCUT2D eigenvalue weighted by molar-refractivity contribution is -0.139. The highest BCUT2D eigenvalue weighted by molar-refractivity contribution is 9.10. The average Bonchev–Trinajstić information content (AvgIpc) is 3.05. The molecule has 1 amide bonds. The fourth-order valence-electron chi connectivity index (χ4n) is 3.89. The number of ketones is 1. The Morgan fingerprint density at radius 2 is 1.82 bits per heavy atom. The molecular formula is C24H26BrFN2O6.